The molecule has 0 amide bonds. The average Bonchev–Trinajstić information content (AvgIpc) is 2.95. The van der Waals surface area contributed by atoms with E-state index in [0.717, 1.165) is 44.1 Å². The molecule has 0 radical (unpaired) electrons. The number of aliphatic hydroxyl groups is 1. The van der Waals surface area contributed by atoms with Crippen molar-refractivity contribution in [2.45, 2.75) is 55.4 Å². The van der Waals surface area contributed by atoms with Crippen LogP contribution in [0, 0.1) is 0 Å². The van der Waals surface area contributed by atoms with Crippen molar-refractivity contribution in [3.8, 4) is 0 Å². The van der Waals surface area contributed by atoms with Crippen LogP contribution < -0.4 is 5.32 Å². The SMILES string of the molecule is CS(=O)(=O)C1CCCC1NCC1(O)CCCc2ccccc21. The molecule has 2 N–H and O–H groups in total. The van der Waals surface area contributed by atoms with Crippen molar-refractivity contribution < 1.29 is 13.5 Å². The van der Waals surface area contributed by atoms with Crippen LogP contribution in [0.3, 0.4) is 0 Å². The lowest BCUT2D eigenvalue weighted by Gasteiger charge is -2.36. The molecule has 3 atom stereocenters. The van der Waals surface area contributed by atoms with Gasteiger partial charge in [0.05, 0.1) is 5.25 Å². The summed E-state index contributed by atoms with van der Waals surface area (Å²) in [5, 5.41) is 14.1. The number of hydrogen-bond acceptors (Lipinski definition) is 4. The van der Waals surface area contributed by atoms with E-state index in [1.165, 1.54) is 11.8 Å². The summed E-state index contributed by atoms with van der Waals surface area (Å²) in [5.74, 6) is 0. The first-order chi connectivity index (χ1) is 10.4. The third-order valence-electron chi connectivity index (χ3n) is 5.21. The van der Waals surface area contributed by atoms with Crippen LogP contribution in [0.15, 0.2) is 24.3 Å². The topological polar surface area (TPSA) is 66.4 Å². The van der Waals surface area contributed by atoms with Gasteiger partial charge in [0.15, 0.2) is 9.84 Å². The molecule has 22 heavy (non-hydrogen) atoms. The molecule has 3 rings (SSSR count). The number of fused-ring (bicyclic) bond motifs is 1. The lowest BCUT2D eigenvalue weighted by molar-refractivity contribution is 0.0169. The van der Waals surface area contributed by atoms with Gasteiger partial charge in [-0.3, -0.25) is 0 Å². The molecule has 1 aromatic rings. The lowest BCUT2D eigenvalue weighted by atomic mass is 9.79. The number of sulfone groups is 1. The number of aryl methyl sites for hydroxylation is 1. The second-order valence-corrected chi connectivity index (χ2v) is 9.09. The van der Waals surface area contributed by atoms with Gasteiger partial charge in [0.2, 0.25) is 0 Å². The molecule has 0 saturated heterocycles. The van der Waals surface area contributed by atoms with E-state index < -0.39 is 15.4 Å². The summed E-state index contributed by atoms with van der Waals surface area (Å²) in [6, 6.07) is 8.01. The Bertz CT molecular complexity index is 643. The summed E-state index contributed by atoms with van der Waals surface area (Å²) in [6.07, 6.45) is 6.56. The van der Waals surface area contributed by atoms with Crippen LogP contribution >= 0.6 is 0 Å². The first kappa shape index (κ1) is 16.0. The van der Waals surface area contributed by atoms with E-state index in [-0.39, 0.29) is 11.3 Å². The normalized spacial score (nSPS) is 31.9. The zero-order valence-corrected chi connectivity index (χ0v) is 13.9. The van der Waals surface area contributed by atoms with Gasteiger partial charge in [0.25, 0.3) is 0 Å². The van der Waals surface area contributed by atoms with E-state index in [4.69, 9.17) is 0 Å². The van der Waals surface area contributed by atoms with Crippen molar-refractivity contribution >= 4 is 9.84 Å². The first-order valence-electron chi connectivity index (χ1n) is 8.13. The zero-order valence-electron chi connectivity index (χ0n) is 13.1. The second-order valence-electron chi connectivity index (χ2n) is 6.83. The minimum absolute atomic E-state index is 0.0342. The monoisotopic (exact) mass is 323 g/mol. The Morgan fingerprint density at radius 2 is 2.05 bits per heavy atom. The quantitative estimate of drug-likeness (QED) is 0.886. The summed E-state index contributed by atoms with van der Waals surface area (Å²) in [6.45, 7) is 0.431. The van der Waals surface area contributed by atoms with Gasteiger partial charge in [0.1, 0.15) is 5.60 Å². The van der Waals surface area contributed by atoms with Crippen molar-refractivity contribution in [3.05, 3.63) is 35.4 Å². The van der Waals surface area contributed by atoms with Crippen molar-refractivity contribution in [1.29, 1.82) is 0 Å². The zero-order chi connectivity index (χ0) is 15.8. The molecule has 0 aliphatic heterocycles. The number of benzene rings is 1. The van der Waals surface area contributed by atoms with Crippen molar-refractivity contribution in [3.63, 3.8) is 0 Å². The molecule has 1 fully saturated rings. The van der Waals surface area contributed by atoms with Crippen LogP contribution in [0.25, 0.3) is 0 Å². The van der Waals surface area contributed by atoms with E-state index in [2.05, 4.69) is 11.4 Å². The summed E-state index contributed by atoms with van der Waals surface area (Å²) < 4.78 is 23.7. The lowest BCUT2D eigenvalue weighted by Crippen LogP contribution is -2.48. The van der Waals surface area contributed by atoms with Gasteiger partial charge < -0.3 is 10.4 Å². The minimum atomic E-state index is -3.03. The maximum atomic E-state index is 11.9. The summed E-state index contributed by atoms with van der Waals surface area (Å²) in [4.78, 5) is 0. The van der Waals surface area contributed by atoms with Crippen molar-refractivity contribution in [2.75, 3.05) is 12.8 Å². The van der Waals surface area contributed by atoms with Crippen molar-refractivity contribution in [1.82, 2.24) is 5.32 Å². The largest absolute Gasteiger partial charge is 0.384 e. The van der Waals surface area contributed by atoms with E-state index in [0.29, 0.717) is 6.54 Å². The standard InChI is InChI=1S/C17H25NO3S/c1-22(20,21)16-10-4-9-15(16)18-12-17(19)11-5-7-13-6-2-3-8-14(13)17/h2-3,6,8,15-16,18-19H,4-5,7,9-12H2,1H3. The Labute approximate surface area is 132 Å². The molecule has 122 valence electrons. The molecule has 2 aliphatic rings. The molecule has 0 spiro atoms. The molecule has 0 bridgehead atoms. The molecule has 2 aliphatic carbocycles. The van der Waals surface area contributed by atoms with Crippen LogP contribution in [0.5, 0.6) is 0 Å². The van der Waals surface area contributed by atoms with E-state index in [1.807, 2.05) is 18.2 Å². The molecule has 5 heteroatoms. The van der Waals surface area contributed by atoms with Crippen LogP contribution in [-0.2, 0) is 21.9 Å². The van der Waals surface area contributed by atoms with E-state index in [1.54, 1.807) is 0 Å². The van der Waals surface area contributed by atoms with Crippen LogP contribution in [0.4, 0.5) is 0 Å². The highest BCUT2D eigenvalue weighted by Gasteiger charge is 2.38. The summed E-state index contributed by atoms with van der Waals surface area (Å²) in [7, 11) is -3.03. The van der Waals surface area contributed by atoms with E-state index >= 15 is 0 Å². The van der Waals surface area contributed by atoms with Gasteiger partial charge in [-0.15, -0.1) is 0 Å². The highest BCUT2D eigenvalue weighted by Crippen LogP contribution is 2.35. The predicted octanol–water partition coefficient (Wildman–Crippen LogP) is 1.77. The van der Waals surface area contributed by atoms with Gasteiger partial charge in [-0.05, 0) is 43.2 Å². The summed E-state index contributed by atoms with van der Waals surface area (Å²) >= 11 is 0. The van der Waals surface area contributed by atoms with E-state index in [9.17, 15) is 13.5 Å². The minimum Gasteiger partial charge on any atom is -0.384 e. The maximum absolute atomic E-state index is 11.9. The van der Waals surface area contributed by atoms with Crippen LogP contribution in [0.2, 0.25) is 0 Å². The Morgan fingerprint density at radius 3 is 2.82 bits per heavy atom. The van der Waals surface area contributed by atoms with Gasteiger partial charge in [-0.25, -0.2) is 8.42 Å². The molecular formula is C17H25NO3S. The number of hydrogen-bond donors (Lipinski definition) is 2. The average molecular weight is 323 g/mol. The third kappa shape index (κ3) is 3.07. The first-order valence-corrected chi connectivity index (χ1v) is 10.1. The van der Waals surface area contributed by atoms with Crippen LogP contribution in [0.1, 0.15) is 43.2 Å². The molecule has 4 nitrogen and oxygen atoms in total. The second kappa shape index (κ2) is 5.95. The highest BCUT2D eigenvalue weighted by molar-refractivity contribution is 7.91. The molecule has 0 aromatic heterocycles. The van der Waals surface area contributed by atoms with Gasteiger partial charge in [-0.1, -0.05) is 30.7 Å². The molecule has 1 aromatic carbocycles. The maximum Gasteiger partial charge on any atom is 0.151 e. The van der Waals surface area contributed by atoms with Gasteiger partial charge >= 0.3 is 0 Å². The third-order valence-corrected chi connectivity index (χ3v) is 6.88. The molecule has 3 unspecified atom stereocenters. The van der Waals surface area contributed by atoms with Crippen molar-refractivity contribution in [2.24, 2.45) is 0 Å². The number of rotatable bonds is 4. The smallest absolute Gasteiger partial charge is 0.151 e. The highest BCUT2D eigenvalue weighted by atomic mass is 32.2. The fourth-order valence-electron chi connectivity index (χ4n) is 4.05. The van der Waals surface area contributed by atoms with Gasteiger partial charge in [-0.2, -0.15) is 0 Å². The van der Waals surface area contributed by atoms with Crippen LogP contribution in [-0.4, -0.2) is 37.6 Å². The predicted molar refractivity (Wildman–Crippen MR) is 87.6 cm³/mol. The Morgan fingerprint density at radius 1 is 1.27 bits per heavy atom. The fourth-order valence-corrected chi connectivity index (χ4v) is 5.48. The van der Waals surface area contributed by atoms with Gasteiger partial charge in [0, 0.05) is 18.8 Å². The molecule has 0 heterocycles. The molecule has 1 saturated carbocycles. The molecular weight excluding hydrogens is 298 g/mol. The Hall–Kier alpha value is -0.910. The Balaban J connectivity index is 1.74. The fraction of sp³-hybridized carbons (Fsp3) is 0.647. The Kier molecular flexibility index (Phi) is 4.32. The summed E-state index contributed by atoms with van der Waals surface area (Å²) in [5.41, 5.74) is 1.34. The number of nitrogens with one attached hydrogen (secondary N) is 1.